The number of nitriles is 2. The minimum absolute atomic E-state index is 0.460. The monoisotopic (exact) mass is 316 g/mol. The average Bonchev–Trinajstić information content (AvgIpc) is 2.59. The van der Waals surface area contributed by atoms with Crippen LogP contribution in [0.15, 0.2) is 48.5 Å². The fourth-order valence-electron chi connectivity index (χ4n) is 2.37. The van der Waals surface area contributed by atoms with Gasteiger partial charge in [-0.15, -0.1) is 0 Å². The van der Waals surface area contributed by atoms with Crippen molar-refractivity contribution in [1.29, 1.82) is 10.5 Å². The molecule has 0 amide bonds. The molecule has 0 aliphatic carbocycles. The second-order valence-corrected chi connectivity index (χ2v) is 5.67. The van der Waals surface area contributed by atoms with E-state index in [1.807, 2.05) is 26.0 Å². The van der Waals surface area contributed by atoms with Gasteiger partial charge < -0.3 is 0 Å². The Hall–Kier alpha value is -3.24. The molecule has 0 saturated heterocycles. The minimum Gasteiger partial charge on any atom is -0.289 e. The number of benzene rings is 2. The number of hydrogen-bond acceptors (Lipinski definition) is 4. The molecule has 2 unspecified atom stereocenters. The lowest BCUT2D eigenvalue weighted by atomic mass is 9.86. The van der Waals surface area contributed by atoms with Crippen LogP contribution in [0.1, 0.15) is 34.1 Å². The standard InChI is InChI=1S/C20H16N2O2/c1-13-3-7-15(8-4-13)17(11-21)19(23)20(24)18(12-22)16-9-5-14(2)6-10-16/h3-10,17-18H,1-2H3. The number of carbonyl (C=O) groups excluding carboxylic acids is 2. The maximum Gasteiger partial charge on any atom is 0.221 e. The lowest BCUT2D eigenvalue weighted by molar-refractivity contribution is -0.137. The van der Waals surface area contributed by atoms with Crippen molar-refractivity contribution in [3.05, 3.63) is 70.8 Å². The third-order valence-corrected chi connectivity index (χ3v) is 3.85. The van der Waals surface area contributed by atoms with Crippen molar-refractivity contribution in [3.8, 4) is 12.1 Å². The highest BCUT2D eigenvalue weighted by molar-refractivity contribution is 6.42. The van der Waals surface area contributed by atoms with Gasteiger partial charge in [-0.05, 0) is 25.0 Å². The molecular weight excluding hydrogens is 300 g/mol. The molecule has 4 heteroatoms. The van der Waals surface area contributed by atoms with Crippen molar-refractivity contribution in [2.45, 2.75) is 25.7 Å². The second kappa shape index (κ2) is 7.35. The van der Waals surface area contributed by atoms with Crippen LogP contribution >= 0.6 is 0 Å². The first kappa shape index (κ1) is 17.1. The van der Waals surface area contributed by atoms with Crippen LogP contribution in [0.25, 0.3) is 0 Å². The van der Waals surface area contributed by atoms with E-state index in [4.69, 9.17) is 0 Å². The van der Waals surface area contributed by atoms with Gasteiger partial charge in [0.05, 0.1) is 12.1 Å². The molecule has 118 valence electrons. The summed E-state index contributed by atoms with van der Waals surface area (Å²) in [6, 6.07) is 17.5. The largest absolute Gasteiger partial charge is 0.289 e. The van der Waals surface area contributed by atoms with Gasteiger partial charge in [-0.1, -0.05) is 59.7 Å². The molecule has 0 saturated carbocycles. The molecule has 2 rings (SSSR count). The molecule has 4 nitrogen and oxygen atoms in total. The predicted octanol–water partition coefficient (Wildman–Crippen LogP) is 3.36. The number of carbonyl (C=O) groups is 2. The summed E-state index contributed by atoms with van der Waals surface area (Å²) in [5.41, 5.74) is 2.90. The summed E-state index contributed by atoms with van der Waals surface area (Å²) in [6.45, 7) is 3.78. The molecule has 2 aromatic rings. The van der Waals surface area contributed by atoms with E-state index in [2.05, 4.69) is 0 Å². The van der Waals surface area contributed by atoms with Gasteiger partial charge in [0, 0.05) is 0 Å². The van der Waals surface area contributed by atoms with Crippen LogP contribution in [0.5, 0.6) is 0 Å². The van der Waals surface area contributed by atoms with Gasteiger partial charge >= 0.3 is 0 Å². The van der Waals surface area contributed by atoms with Crippen molar-refractivity contribution in [2.24, 2.45) is 0 Å². The van der Waals surface area contributed by atoms with Crippen LogP contribution < -0.4 is 0 Å². The molecule has 2 atom stereocenters. The van der Waals surface area contributed by atoms with E-state index >= 15 is 0 Å². The summed E-state index contributed by atoms with van der Waals surface area (Å²) in [6.07, 6.45) is 0. The van der Waals surface area contributed by atoms with Crippen LogP contribution in [-0.4, -0.2) is 11.6 Å². The quantitative estimate of drug-likeness (QED) is 0.792. The first-order valence-electron chi connectivity index (χ1n) is 7.48. The molecule has 0 heterocycles. The molecular formula is C20H16N2O2. The van der Waals surface area contributed by atoms with Gasteiger partial charge in [0.15, 0.2) is 0 Å². The SMILES string of the molecule is Cc1ccc(C(C#N)C(=O)C(=O)C(C#N)c2ccc(C)cc2)cc1. The molecule has 0 bridgehead atoms. The molecule has 0 aliphatic heterocycles. The number of hydrogen-bond donors (Lipinski definition) is 0. The van der Waals surface area contributed by atoms with E-state index < -0.39 is 23.4 Å². The first-order valence-corrected chi connectivity index (χ1v) is 7.48. The lowest BCUT2D eigenvalue weighted by Crippen LogP contribution is -2.26. The highest BCUT2D eigenvalue weighted by atomic mass is 16.2. The zero-order valence-electron chi connectivity index (χ0n) is 13.5. The molecule has 0 N–H and O–H groups in total. The lowest BCUT2D eigenvalue weighted by Gasteiger charge is -2.12. The zero-order valence-corrected chi connectivity index (χ0v) is 13.5. The van der Waals surface area contributed by atoms with E-state index in [0.29, 0.717) is 11.1 Å². The molecule has 0 aromatic heterocycles. The van der Waals surface area contributed by atoms with Crippen LogP contribution in [0.4, 0.5) is 0 Å². The van der Waals surface area contributed by atoms with Crippen molar-refractivity contribution in [1.82, 2.24) is 0 Å². The van der Waals surface area contributed by atoms with Crippen molar-refractivity contribution >= 4 is 11.6 Å². The van der Waals surface area contributed by atoms with Gasteiger partial charge in [0.1, 0.15) is 11.8 Å². The smallest absolute Gasteiger partial charge is 0.221 e. The second-order valence-electron chi connectivity index (χ2n) is 5.67. The molecule has 24 heavy (non-hydrogen) atoms. The van der Waals surface area contributed by atoms with Gasteiger partial charge in [-0.3, -0.25) is 9.59 Å². The number of Topliss-reactive ketones (excluding diaryl/α,β-unsaturated/α-hetero) is 2. The Kier molecular flexibility index (Phi) is 5.24. The zero-order chi connectivity index (χ0) is 17.7. The summed E-state index contributed by atoms with van der Waals surface area (Å²) in [5.74, 6) is -4.10. The summed E-state index contributed by atoms with van der Waals surface area (Å²) < 4.78 is 0. The van der Waals surface area contributed by atoms with Crippen LogP contribution in [-0.2, 0) is 9.59 Å². The molecule has 0 fully saturated rings. The van der Waals surface area contributed by atoms with Gasteiger partial charge in [0.25, 0.3) is 0 Å². The maximum atomic E-state index is 12.5. The Morgan fingerprint density at radius 2 is 1.00 bits per heavy atom. The molecule has 2 aromatic carbocycles. The van der Waals surface area contributed by atoms with E-state index in [-0.39, 0.29) is 0 Å². The summed E-state index contributed by atoms with van der Waals surface area (Å²) in [7, 11) is 0. The Balaban J connectivity index is 2.30. The normalized spacial score (nSPS) is 12.5. The number of nitrogens with zero attached hydrogens (tertiary/aromatic N) is 2. The fraction of sp³-hybridized carbons (Fsp3) is 0.200. The van der Waals surface area contributed by atoms with Crippen LogP contribution in [0.2, 0.25) is 0 Å². The van der Waals surface area contributed by atoms with Gasteiger partial charge in [-0.25, -0.2) is 0 Å². The Labute approximate surface area is 141 Å². The van der Waals surface area contributed by atoms with Crippen molar-refractivity contribution in [3.63, 3.8) is 0 Å². The molecule has 0 spiro atoms. The number of rotatable bonds is 5. The van der Waals surface area contributed by atoms with Crippen LogP contribution in [0, 0.1) is 36.5 Å². The molecule has 0 radical (unpaired) electrons. The maximum absolute atomic E-state index is 12.5. The van der Waals surface area contributed by atoms with E-state index in [9.17, 15) is 20.1 Å². The Morgan fingerprint density at radius 3 is 1.25 bits per heavy atom. The highest BCUT2D eigenvalue weighted by Crippen LogP contribution is 2.23. The first-order chi connectivity index (χ1) is 11.5. The topological polar surface area (TPSA) is 81.7 Å². The predicted molar refractivity (Wildman–Crippen MR) is 89.1 cm³/mol. The third-order valence-electron chi connectivity index (χ3n) is 3.85. The number of aryl methyl sites for hydroxylation is 2. The van der Waals surface area contributed by atoms with E-state index in [1.54, 1.807) is 48.5 Å². The minimum atomic E-state index is -1.20. The van der Waals surface area contributed by atoms with E-state index in [1.165, 1.54) is 0 Å². The third kappa shape index (κ3) is 3.56. The number of ketones is 2. The summed E-state index contributed by atoms with van der Waals surface area (Å²) in [4.78, 5) is 25.0. The van der Waals surface area contributed by atoms with Crippen molar-refractivity contribution < 1.29 is 9.59 Å². The van der Waals surface area contributed by atoms with E-state index in [0.717, 1.165) is 11.1 Å². The van der Waals surface area contributed by atoms with Crippen LogP contribution in [0.3, 0.4) is 0 Å². The summed E-state index contributed by atoms with van der Waals surface area (Å²) in [5, 5.41) is 18.6. The van der Waals surface area contributed by atoms with Crippen molar-refractivity contribution in [2.75, 3.05) is 0 Å². The Morgan fingerprint density at radius 1 is 0.708 bits per heavy atom. The Bertz CT molecular complexity index is 764. The van der Waals surface area contributed by atoms with Gasteiger partial charge in [0.2, 0.25) is 11.6 Å². The van der Waals surface area contributed by atoms with Gasteiger partial charge in [-0.2, -0.15) is 10.5 Å². The average molecular weight is 316 g/mol. The fourth-order valence-corrected chi connectivity index (χ4v) is 2.37. The summed E-state index contributed by atoms with van der Waals surface area (Å²) >= 11 is 0. The highest BCUT2D eigenvalue weighted by Gasteiger charge is 2.33. The molecule has 0 aliphatic rings.